The normalized spacial score (nSPS) is 12.1. The fraction of sp³-hybridized carbons (Fsp3) is 0.0556. The Bertz CT molecular complexity index is 2060. The van der Waals surface area contributed by atoms with Crippen LogP contribution in [-0.2, 0) is 0 Å². The molecule has 7 aromatic rings. The molecule has 0 aromatic heterocycles. The lowest BCUT2D eigenvalue weighted by Crippen LogP contribution is -1.92. The zero-order valence-corrected chi connectivity index (χ0v) is 24.3. The number of rotatable bonds is 3. The molecule has 7 rings (SSSR count). The molecule has 0 aliphatic carbocycles. The Morgan fingerprint density at radius 2 is 1.11 bits per heavy atom. The lowest BCUT2D eigenvalue weighted by atomic mass is 9.86. The molecule has 0 spiro atoms. The molecule has 0 amide bonds. The maximum atomic E-state index is 3.94. The summed E-state index contributed by atoms with van der Waals surface area (Å²) in [7, 11) is 0. The van der Waals surface area contributed by atoms with Gasteiger partial charge in [0.1, 0.15) is 0 Å². The van der Waals surface area contributed by atoms with Crippen LogP contribution in [0.4, 0.5) is 0 Å². The molecule has 0 radical (unpaired) electrons. The second kappa shape index (κ2) is 9.08. The van der Waals surface area contributed by atoms with Gasteiger partial charge in [0.15, 0.2) is 0 Å². The average Bonchev–Trinajstić information content (AvgIpc) is 2.94. The number of benzene rings is 7. The molecule has 0 nitrogen and oxygen atoms in total. The number of aryl methyl sites for hydroxylation is 1. The van der Waals surface area contributed by atoms with Crippen molar-refractivity contribution in [2.24, 2.45) is 0 Å². The van der Waals surface area contributed by atoms with Gasteiger partial charge < -0.3 is 0 Å². The summed E-state index contributed by atoms with van der Waals surface area (Å²) < 4.78 is 2.24. The van der Waals surface area contributed by atoms with Crippen LogP contribution >= 0.6 is 31.9 Å². The van der Waals surface area contributed by atoms with Crippen LogP contribution in [-0.4, -0.2) is 0 Å². The molecule has 0 aliphatic rings. The Labute approximate surface area is 239 Å². The van der Waals surface area contributed by atoms with Crippen LogP contribution in [0.2, 0.25) is 0 Å². The minimum absolute atomic E-state index is 1.12. The van der Waals surface area contributed by atoms with Gasteiger partial charge in [0.05, 0.1) is 0 Å². The summed E-state index contributed by atoms with van der Waals surface area (Å²) in [6.07, 6.45) is 4.30. The summed E-state index contributed by atoms with van der Waals surface area (Å²) in [6, 6.07) is 35.8. The summed E-state index contributed by atoms with van der Waals surface area (Å²) in [5, 5.41) is 10.2. The van der Waals surface area contributed by atoms with E-state index in [4.69, 9.17) is 0 Å². The second-order valence-corrected chi connectivity index (χ2v) is 11.7. The van der Waals surface area contributed by atoms with Crippen molar-refractivity contribution < 1.29 is 0 Å². The highest BCUT2D eigenvalue weighted by Gasteiger charge is 2.19. The molecule has 0 atom stereocenters. The fourth-order valence-electron chi connectivity index (χ4n) is 5.91. The van der Waals surface area contributed by atoms with Gasteiger partial charge >= 0.3 is 0 Å². The first-order valence-corrected chi connectivity index (χ1v) is 14.4. The molecule has 182 valence electrons. The topological polar surface area (TPSA) is 0 Å². The third kappa shape index (κ3) is 3.62. The van der Waals surface area contributed by atoms with Crippen molar-refractivity contribution in [1.29, 1.82) is 0 Å². The lowest BCUT2D eigenvalue weighted by molar-refractivity contribution is 1.44. The highest BCUT2D eigenvalue weighted by Crippen LogP contribution is 2.47. The van der Waals surface area contributed by atoms with E-state index in [0.717, 1.165) is 8.95 Å². The van der Waals surface area contributed by atoms with E-state index in [-0.39, 0.29) is 0 Å². The third-order valence-corrected chi connectivity index (χ3v) is 9.11. The van der Waals surface area contributed by atoms with Gasteiger partial charge in [-0.25, -0.2) is 0 Å². The van der Waals surface area contributed by atoms with E-state index < -0.39 is 0 Å². The number of allylic oxidation sites excluding steroid dienone is 1. The van der Waals surface area contributed by atoms with Gasteiger partial charge in [-0.2, -0.15) is 0 Å². The number of hydrogen-bond acceptors (Lipinski definition) is 0. The number of halogens is 2. The first kappa shape index (κ1) is 23.6. The predicted molar refractivity (Wildman–Crippen MR) is 173 cm³/mol. The smallest absolute Gasteiger partial charge is 0.0260 e. The monoisotopic (exact) mass is 614 g/mol. The van der Waals surface area contributed by atoms with Crippen LogP contribution < -0.4 is 0 Å². The predicted octanol–water partition coefficient (Wildman–Crippen LogP) is 11.9. The molecular weight excluding hydrogens is 592 g/mol. The van der Waals surface area contributed by atoms with E-state index >= 15 is 0 Å². The van der Waals surface area contributed by atoms with E-state index in [9.17, 15) is 0 Å². The standard InChI is InChI=1S/C36H24Br2/c1-3-6-23-17-25(10-9-21(23)2)31-19-33(37)29-16-14-28-32(26-12-11-22-7-4-5-8-24(22)18-26)20-34(38)30-15-13-27(31)35(29)36(28)30/h3-20H,1-2H3/b6-3-. The molecule has 2 heteroatoms. The van der Waals surface area contributed by atoms with Gasteiger partial charge in [-0.1, -0.05) is 117 Å². The third-order valence-electron chi connectivity index (χ3n) is 7.79. The van der Waals surface area contributed by atoms with Crippen LogP contribution in [0.1, 0.15) is 18.1 Å². The van der Waals surface area contributed by atoms with Crippen LogP contribution in [0.15, 0.2) is 112 Å². The molecular formula is C36H24Br2. The quantitative estimate of drug-likeness (QED) is 0.173. The van der Waals surface area contributed by atoms with Gasteiger partial charge in [0.2, 0.25) is 0 Å². The molecule has 0 saturated heterocycles. The van der Waals surface area contributed by atoms with E-state index in [0.29, 0.717) is 0 Å². The highest BCUT2D eigenvalue weighted by atomic mass is 79.9. The molecule has 0 aliphatic heterocycles. The molecule has 0 fully saturated rings. The van der Waals surface area contributed by atoms with Crippen LogP contribution in [0.25, 0.3) is 71.4 Å². The SMILES string of the molecule is C/C=C\c1cc(-c2cc(Br)c3ccc4c(-c5ccc6ccccc6c5)cc(Br)c5ccc2c3c54)ccc1C. The molecule has 0 bridgehead atoms. The van der Waals surface area contributed by atoms with Crippen LogP contribution in [0, 0.1) is 6.92 Å². The van der Waals surface area contributed by atoms with Crippen molar-refractivity contribution in [2.75, 3.05) is 0 Å². The molecule has 0 N–H and O–H groups in total. The van der Waals surface area contributed by atoms with Gasteiger partial charge in [-0.15, -0.1) is 0 Å². The lowest BCUT2D eigenvalue weighted by Gasteiger charge is -2.19. The first-order chi connectivity index (χ1) is 18.5. The van der Waals surface area contributed by atoms with Crippen LogP contribution in [0.5, 0.6) is 0 Å². The zero-order chi connectivity index (χ0) is 26.0. The van der Waals surface area contributed by atoms with Crippen molar-refractivity contribution in [3.63, 3.8) is 0 Å². The molecule has 7 aromatic carbocycles. The van der Waals surface area contributed by atoms with Crippen molar-refractivity contribution >= 4 is 81.0 Å². The highest BCUT2D eigenvalue weighted by molar-refractivity contribution is 9.11. The summed E-state index contributed by atoms with van der Waals surface area (Å²) in [6.45, 7) is 4.24. The summed E-state index contributed by atoms with van der Waals surface area (Å²) in [5.41, 5.74) is 7.50. The van der Waals surface area contributed by atoms with Gasteiger partial charge in [0, 0.05) is 8.95 Å². The van der Waals surface area contributed by atoms with E-state index in [1.165, 1.54) is 76.5 Å². The minimum atomic E-state index is 1.12. The summed E-state index contributed by atoms with van der Waals surface area (Å²) >= 11 is 7.87. The van der Waals surface area contributed by atoms with Crippen molar-refractivity contribution in [3.8, 4) is 22.3 Å². The Morgan fingerprint density at radius 3 is 1.74 bits per heavy atom. The Hall–Kier alpha value is -3.46. The summed E-state index contributed by atoms with van der Waals surface area (Å²) in [4.78, 5) is 0. The molecule has 0 heterocycles. The van der Waals surface area contributed by atoms with Gasteiger partial charge in [-0.05, 0) is 115 Å². The Morgan fingerprint density at radius 1 is 0.553 bits per heavy atom. The largest absolute Gasteiger partial charge is 0.0871 e. The van der Waals surface area contributed by atoms with Gasteiger partial charge in [-0.3, -0.25) is 0 Å². The van der Waals surface area contributed by atoms with Crippen molar-refractivity contribution in [2.45, 2.75) is 13.8 Å². The van der Waals surface area contributed by atoms with Crippen molar-refractivity contribution in [3.05, 3.63) is 123 Å². The average molecular weight is 616 g/mol. The first-order valence-electron chi connectivity index (χ1n) is 12.9. The van der Waals surface area contributed by atoms with E-state index in [1.54, 1.807) is 0 Å². The van der Waals surface area contributed by atoms with E-state index in [1.807, 2.05) is 0 Å². The number of hydrogen-bond donors (Lipinski definition) is 0. The molecule has 0 unspecified atom stereocenters. The summed E-state index contributed by atoms with van der Waals surface area (Å²) in [5.74, 6) is 0. The second-order valence-electron chi connectivity index (χ2n) is 10.0. The van der Waals surface area contributed by atoms with Gasteiger partial charge in [0.25, 0.3) is 0 Å². The maximum Gasteiger partial charge on any atom is 0.0260 e. The molecule has 0 saturated carbocycles. The van der Waals surface area contributed by atoms with E-state index in [2.05, 4.69) is 155 Å². The number of fused-ring (bicyclic) bond motifs is 1. The fourth-order valence-corrected chi connectivity index (χ4v) is 7.03. The zero-order valence-electron chi connectivity index (χ0n) is 21.1. The molecule has 38 heavy (non-hydrogen) atoms. The van der Waals surface area contributed by atoms with Crippen molar-refractivity contribution in [1.82, 2.24) is 0 Å². The minimum Gasteiger partial charge on any atom is -0.0871 e. The van der Waals surface area contributed by atoms with Crippen LogP contribution in [0.3, 0.4) is 0 Å². The Balaban J connectivity index is 1.57. The Kier molecular flexibility index (Phi) is 5.65. The maximum absolute atomic E-state index is 3.94.